The van der Waals surface area contributed by atoms with E-state index in [0.29, 0.717) is 10.8 Å². The van der Waals surface area contributed by atoms with E-state index in [1.54, 1.807) is 12.1 Å². The lowest BCUT2D eigenvalue weighted by atomic mass is 10.1. The number of nitrogens with one attached hydrogen (secondary N) is 1. The van der Waals surface area contributed by atoms with Gasteiger partial charge in [-0.2, -0.15) is 0 Å². The minimum Gasteiger partial charge on any atom is -0.495 e. The summed E-state index contributed by atoms with van der Waals surface area (Å²) in [7, 11) is 1.53. The molecule has 0 aliphatic carbocycles. The molecule has 2 rings (SSSR count). The molecule has 0 saturated carbocycles. The fourth-order valence-electron chi connectivity index (χ4n) is 1.92. The van der Waals surface area contributed by atoms with Crippen LogP contribution in [0, 0.1) is 6.92 Å². The van der Waals surface area contributed by atoms with Gasteiger partial charge in [-0.05, 0) is 24.6 Å². The molecule has 0 spiro atoms. The predicted molar refractivity (Wildman–Crippen MR) is 65.9 cm³/mol. The first-order valence-electron chi connectivity index (χ1n) is 5.09. The second-order valence-electron chi connectivity index (χ2n) is 3.83. The summed E-state index contributed by atoms with van der Waals surface area (Å²) in [4.78, 5) is 13.9. The summed E-state index contributed by atoms with van der Waals surface area (Å²) < 4.78 is 5.13. The van der Waals surface area contributed by atoms with Gasteiger partial charge < -0.3 is 14.8 Å². The van der Waals surface area contributed by atoms with E-state index in [9.17, 15) is 4.79 Å². The minimum absolute atomic E-state index is 0.0172. The molecule has 1 heterocycles. The Labute approximate surface area is 103 Å². The van der Waals surface area contributed by atoms with Crippen molar-refractivity contribution in [1.82, 2.24) is 4.98 Å². The van der Waals surface area contributed by atoms with E-state index in [1.807, 2.05) is 6.92 Å². The zero-order valence-corrected chi connectivity index (χ0v) is 10.3. The van der Waals surface area contributed by atoms with E-state index in [4.69, 9.17) is 21.4 Å². The normalized spacial score (nSPS) is 10.8. The molecular formula is C12H12ClNO3. The van der Waals surface area contributed by atoms with Crippen LogP contribution >= 0.6 is 11.6 Å². The van der Waals surface area contributed by atoms with Gasteiger partial charge in [0.05, 0.1) is 18.6 Å². The molecule has 0 amide bonds. The van der Waals surface area contributed by atoms with Crippen molar-refractivity contribution < 1.29 is 14.6 Å². The summed E-state index contributed by atoms with van der Waals surface area (Å²) in [5, 5.41) is 10.2. The standard InChI is InChI=1S/C12H12ClNO3/c1-6-7(4-12(15)16)8-3-11(17-2)9(13)5-10(8)14-6/h3,5,14H,4H2,1-2H3,(H,15,16). The quantitative estimate of drug-likeness (QED) is 0.884. The Morgan fingerprint density at radius 3 is 2.82 bits per heavy atom. The first kappa shape index (κ1) is 11.8. The summed E-state index contributed by atoms with van der Waals surface area (Å²) in [5.41, 5.74) is 2.43. The van der Waals surface area contributed by atoms with Gasteiger partial charge in [-0.1, -0.05) is 11.6 Å². The third-order valence-electron chi connectivity index (χ3n) is 2.72. The largest absolute Gasteiger partial charge is 0.495 e. The Bertz CT molecular complexity index is 589. The van der Waals surface area contributed by atoms with Gasteiger partial charge in [0, 0.05) is 16.6 Å². The number of aryl methyl sites for hydroxylation is 1. The molecule has 0 aliphatic rings. The first-order chi connectivity index (χ1) is 8.02. The number of ether oxygens (including phenoxy) is 1. The van der Waals surface area contributed by atoms with E-state index in [2.05, 4.69) is 4.98 Å². The van der Waals surface area contributed by atoms with Crippen LogP contribution in [0.25, 0.3) is 10.9 Å². The van der Waals surface area contributed by atoms with Gasteiger partial charge in [-0.3, -0.25) is 4.79 Å². The van der Waals surface area contributed by atoms with Gasteiger partial charge >= 0.3 is 5.97 Å². The number of aromatic nitrogens is 1. The number of carboxylic acid groups (broad SMARTS) is 1. The molecule has 2 N–H and O–H groups in total. The van der Waals surface area contributed by atoms with Gasteiger partial charge in [0.1, 0.15) is 5.75 Å². The fourth-order valence-corrected chi connectivity index (χ4v) is 2.16. The van der Waals surface area contributed by atoms with Crippen LogP contribution in [0.2, 0.25) is 5.02 Å². The molecule has 1 aromatic heterocycles. The van der Waals surface area contributed by atoms with Gasteiger partial charge in [0.25, 0.3) is 0 Å². The first-order valence-corrected chi connectivity index (χ1v) is 5.47. The zero-order valence-electron chi connectivity index (χ0n) is 9.50. The molecule has 17 heavy (non-hydrogen) atoms. The highest BCUT2D eigenvalue weighted by Gasteiger charge is 2.14. The Balaban J connectivity index is 2.66. The summed E-state index contributed by atoms with van der Waals surface area (Å²) in [6.07, 6.45) is -0.0172. The number of rotatable bonds is 3. The second-order valence-corrected chi connectivity index (χ2v) is 4.24. The van der Waals surface area contributed by atoms with Crippen LogP contribution in [-0.4, -0.2) is 23.2 Å². The number of aliphatic carboxylic acids is 1. The molecule has 5 heteroatoms. The SMILES string of the molecule is COc1cc2c(CC(=O)O)c(C)[nH]c2cc1Cl. The van der Waals surface area contributed by atoms with Gasteiger partial charge in [-0.15, -0.1) is 0 Å². The molecule has 0 unspecified atom stereocenters. The highest BCUT2D eigenvalue weighted by molar-refractivity contribution is 6.32. The van der Waals surface area contributed by atoms with E-state index < -0.39 is 5.97 Å². The highest BCUT2D eigenvalue weighted by Crippen LogP contribution is 2.32. The maximum absolute atomic E-state index is 10.8. The number of carbonyl (C=O) groups is 1. The van der Waals surface area contributed by atoms with Gasteiger partial charge in [0.2, 0.25) is 0 Å². The summed E-state index contributed by atoms with van der Waals surface area (Å²) >= 11 is 6.01. The summed E-state index contributed by atoms with van der Waals surface area (Å²) in [6.45, 7) is 1.85. The summed E-state index contributed by atoms with van der Waals surface area (Å²) in [5.74, 6) is -0.312. The number of benzene rings is 1. The summed E-state index contributed by atoms with van der Waals surface area (Å²) in [6, 6.07) is 3.51. The highest BCUT2D eigenvalue weighted by atomic mass is 35.5. The van der Waals surface area contributed by atoms with E-state index in [0.717, 1.165) is 22.2 Å². The van der Waals surface area contributed by atoms with Crippen molar-refractivity contribution in [2.45, 2.75) is 13.3 Å². The maximum atomic E-state index is 10.8. The fraction of sp³-hybridized carbons (Fsp3) is 0.250. The Hall–Kier alpha value is -1.68. The van der Waals surface area contributed by atoms with Crippen LogP contribution in [0.3, 0.4) is 0 Å². The minimum atomic E-state index is -0.858. The van der Waals surface area contributed by atoms with Crippen LogP contribution in [-0.2, 0) is 11.2 Å². The number of methoxy groups -OCH3 is 1. The molecule has 4 nitrogen and oxygen atoms in total. The Kier molecular flexibility index (Phi) is 2.98. The van der Waals surface area contributed by atoms with Crippen LogP contribution in [0.1, 0.15) is 11.3 Å². The van der Waals surface area contributed by atoms with E-state index >= 15 is 0 Å². The molecular weight excluding hydrogens is 242 g/mol. The number of hydrogen-bond acceptors (Lipinski definition) is 2. The maximum Gasteiger partial charge on any atom is 0.307 e. The third kappa shape index (κ3) is 2.08. The lowest BCUT2D eigenvalue weighted by molar-refractivity contribution is -0.136. The van der Waals surface area contributed by atoms with Crippen LogP contribution < -0.4 is 4.74 Å². The second kappa shape index (κ2) is 4.30. The van der Waals surface area contributed by atoms with Crippen molar-refractivity contribution in [3.63, 3.8) is 0 Å². The van der Waals surface area contributed by atoms with Crippen LogP contribution in [0.4, 0.5) is 0 Å². The average Bonchev–Trinajstić information content (AvgIpc) is 2.53. The molecule has 2 aromatic rings. The molecule has 0 bridgehead atoms. The number of hydrogen-bond donors (Lipinski definition) is 2. The molecule has 0 saturated heterocycles. The van der Waals surface area contributed by atoms with Gasteiger partial charge in [-0.25, -0.2) is 0 Å². The van der Waals surface area contributed by atoms with E-state index in [1.165, 1.54) is 7.11 Å². The van der Waals surface area contributed by atoms with Crippen molar-refractivity contribution in [3.05, 3.63) is 28.4 Å². The zero-order chi connectivity index (χ0) is 12.6. The number of H-pyrrole nitrogens is 1. The van der Waals surface area contributed by atoms with Gasteiger partial charge in [0.15, 0.2) is 0 Å². The third-order valence-corrected chi connectivity index (χ3v) is 3.02. The molecule has 0 fully saturated rings. The van der Waals surface area contributed by atoms with E-state index in [-0.39, 0.29) is 6.42 Å². The molecule has 1 aromatic carbocycles. The van der Waals surface area contributed by atoms with Crippen molar-refractivity contribution in [3.8, 4) is 5.75 Å². The Morgan fingerprint density at radius 2 is 2.24 bits per heavy atom. The smallest absolute Gasteiger partial charge is 0.307 e. The predicted octanol–water partition coefficient (Wildman–Crippen LogP) is 2.77. The number of aromatic amines is 1. The van der Waals surface area contributed by atoms with Crippen molar-refractivity contribution in [2.24, 2.45) is 0 Å². The number of carboxylic acids is 1. The molecule has 0 atom stereocenters. The molecule has 0 radical (unpaired) electrons. The van der Waals surface area contributed by atoms with Crippen LogP contribution in [0.5, 0.6) is 5.75 Å². The average molecular weight is 254 g/mol. The van der Waals surface area contributed by atoms with Crippen molar-refractivity contribution in [1.29, 1.82) is 0 Å². The lowest BCUT2D eigenvalue weighted by Gasteiger charge is -2.03. The molecule has 90 valence electrons. The topological polar surface area (TPSA) is 62.3 Å². The monoisotopic (exact) mass is 253 g/mol. The lowest BCUT2D eigenvalue weighted by Crippen LogP contribution is -2.00. The van der Waals surface area contributed by atoms with Crippen molar-refractivity contribution >= 4 is 28.5 Å². The molecule has 0 aliphatic heterocycles. The van der Waals surface area contributed by atoms with Crippen molar-refractivity contribution in [2.75, 3.05) is 7.11 Å². The number of fused-ring (bicyclic) bond motifs is 1. The number of halogens is 1. The Morgan fingerprint density at radius 1 is 1.53 bits per heavy atom. The van der Waals surface area contributed by atoms with Crippen LogP contribution in [0.15, 0.2) is 12.1 Å².